The predicted molar refractivity (Wildman–Crippen MR) is 124 cm³/mol. The van der Waals surface area contributed by atoms with Gasteiger partial charge in [-0.25, -0.2) is 0 Å². The third-order valence-corrected chi connectivity index (χ3v) is 6.42. The molecule has 1 aliphatic rings. The van der Waals surface area contributed by atoms with Gasteiger partial charge >= 0.3 is 0 Å². The van der Waals surface area contributed by atoms with E-state index in [0.717, 1.165) is 17.1 Å². The fourth-order valence-electron chi connectivity index (χ4n) is 3.86. The molecular weight excluding hydrogens is 392 g/mol. The molecular formula is C26H26O3S. The summed E-state index contributed by atoms with van der Waals surface area (Å²) in [4.78, 5) is 1.16. The van der Waals surface area contributed by atoms with Crippen molar-refractivity contribution in [2.24, 2.45) is 0 Å². The Morgan fingerprint density at radius 1 is 0.967 bits per heavy atom. The largest absolute Gasteiger partial charge is 0.491 e. The molecule has 0 spiro atoms. The Morgan fingerprint density at radius 3 is 2.50 bits per heavy atom. The van der Waals surface area contributed by atoms with Crippen LogP contribution in [0.25, 0.3) is 11.1 Å². The molecule has 0 saturated carbocycles. The summed E-state index contributed by atoms with van der Waals surface area (Å²) in [7, 11) is 0. The van der Waals surface area contributed by atoms with Gasteiger partial charge in [0, 0.05) is 10.6 Å². The van der Waals surface area contributed by atoms with Crippen LogP contribution in [0.4, 0.5) is 0 Å². The first kappa shape index (κ1) is 20.7. The Balaban J connectivity index is 1.88. The third kappa shape index (κ3) is 4.31. The van der Waals surface area contributed by atoms with Gasteiger partial charge in [0.15, 0.2) is 0 Å². The van der Waals surface area contributed by atoms with Crippen LogP contribution in [0.5, 0.6) is 5.75 Å². The topological polar surface area (TPSA) is 49.7 Å². The van der Waals surface area contributed by atoms with Gasteiger partial charge in [-0.05, 0) is 58.0 Å². The zero-order valence-corrected chi connectivity index (χ0v) is 17.9. The minimum absolute atomic E-state index is 0.0738. The van der Waals surface area contributed by atoms with E-state index in [-0.39, 0.29) is 13.2 Å². The molecule has 0 amide bonds. The first-order valence-corrected chi connectivity index (χ1v) is 11.3. The molecule has 2 N–H and O–H groups in total. The lowest BCUT2D eigenvalue weighted by molar-refractivity contribution is 0.0535. The molecule has 3 aromatic rings. The van der Waals surface area contributed by atoms with Crippen LogP contribution in [0.1, 0.15) is 35.6 Å². The van der Waals surface area contributed by atoms with Gasteiger partial charge in [-0.15, -0.1) is 11.8 Å². The van der Waals surface area contributed by atoms with Crippen LogP contribution in [-0.4, -0.2) is 29.5 Å². The fourth-order valence-corrected chi connectivity index (χ4v) is 4.95. The molecule has 1 heterocycles. The minimum Gasteiger partial charge on any atom is -0.491 e. The Hall–Kier alpha value is -2.53. The molecule has 1 aliphatic heterocycles. The molecule has 154 valence electrons. The molecule has 0 aliphatic carbocycles. The number of benzene rings is 3. The Morgan fingerprint density at radius 2 is 1.73 bits per heavy atom. The highest BCUT2D eigenvalue weighted by Gasteiger charge is 2.21. The number of hydrogen-bond acceptors (Lipinski definition) is 4. The normalized spacial score (nSPS) is 16.8. The van der Waals surface area contributed by atoms with Gasteiger partial charge in [-0.3, -0.25) is 0 Å². The number of aliphatic hydroxyl groups is 2. The van der Waals surface area contributed by atoms with Crippen molar-refractivity contribution in [1.29, 1.82) is 0 Å². The Kier molecular flexibility index (Phi) is 6.58. The van der Waals surface area contributed by atoms with Gasteiger partial charge in [0.2, 0.25) is 0 Å². The number of aliphatic hydroxyl groups excluding tert-OH is 2. The number of allylic oxidation sites excluding steroid dienone is 1. The third-order valence-electron chi connectivity index (χ3n) is 5.32. The van der Waals surface area contributed by atoms with Crippen LogP contribution in [0.2, 0.25) is 0 Å². The molecule has 4 heteroatoms. The Labute approximate surface area is 182 Å². The number of rotatable bonds is 6. The van der Waals surface area contributed by atoms with Crippen molar-refractivity contribution < 1.29 is 14.9 Å². The molecule has 0 saturated heterocycles. The van der Waals surface area contributed by atoms with Crippen molar-refractivity contribution in [3.63, 3.8) is 0 Å². The summed E-state index contributed by atoms with van der Waals surface area (Å²) >= 11 is 1.80. The highest BCUT2D eigenvalue weighted by atomic mass is 32.2. The lowest BCUT2D eigenvalue weighted by Gasteiger charge is -2.24. The maximum absolute atomic E-state index is 9.62. The first-order chi connectivity index (χ1) is 14.7. The second-order valence-corrected chi connectivity index (χ2v) is 8.34. The van der Waals surface area contributed by atoms with Crippen LogP contribution >= 0.6 is 11.8 Å². The van der Waals surface area contributed by atoms with E-state index in [2.05, 4.69) is 61.5 Å². The van der Waals surface area contributed by atoms with Crippen molar-refractivity contribution in [3.8, 4) is 5.75 Å². The lowest BCUT2D eigenvalue weighted by atomic mass is 9.86. The summed E-state index contributed by atoms with van der Waals surface area (Å²) < 4.78 is 5.72. The zero-order valence-electron chi connectivity index (χ0n) is 17.0. The SMILES string of the molecule is CC/C1=C(\c2ccccc2)c2ccc(OCC(O)CO)cc2SCc2ccccc21. The number of fused-ring (bicyclic) bond motifs is 2. The average Bonchev–Trinajstić information content (AvgIpc) is 2.79. The standard InChI is InChI=1S/C26H26O3S/c1-2-22-23-11-7-6-10-19(23)17-30-25-14-21(29-16-20(28)15-27)12-13-24(25)26(22)18-8-4-3-5-9-18/h3-14,20,27-28H,2,15-17H2,1H3/b26-22-. The van der Waals surface area contributed by atoms with E-state index >= 15 is 0 Å². The average molecular weight is 419 g/mol. The first-order valence-electron chi connectivity index (χ1n) is 10.3. The molecule has 0 fully saturated rings. The van der Waals surface area contributed by atoms with E-state index in [9.17, 15) is 5.11 Å². The van der Waals surface area contributed by atoms with Gasteiger partial charge < -0.3 is 14.9 Å². The van der Waals surface area contributed by atoms with Crippen molar-refractivity contribution in [3.05, 3.63) is 95.1 Å². The van der Waals surface area contributed by atoms with Crippen LogP contribution < -0.4 is 4.74 Å². The van der Waals surface area contributed by atoms with E-state index in [1.807, 2.05) is 18.2 Å². The van der Waals surface area contributed by atoms with Crippen molar-refractivity contribution in [2.45, 2.75) is 30.1 Å². The maximum atomic E-state index is 9.62. The van der Waals surface area contributed by atoms with Crippen molar-refractivity contribution in [1.82, 2.24) is 0 Å². The Bertz CT molecular complexity index is 1040. The van der Waals surface area contributed by atoms with Gasteiger partial charge in [0.25, 0.3) is 0 Å². The molecule has 0 aromatic heterocycles. The van der Waals surface area contributed by atoms with Crippen molar-refractivity contribution in [2.75, 3.05) is 13.2 Å². The number of ether oxygens (including phenoxy) is 1. The quantitative estimate of drug-likeness (QED) is 0.563. The van der Waals surface area contributed by atoms with Gasteiger partial charge in [0.05, 0.1) is 6.61 Å². The van der Waals surface area contributed by atoms with Crippen molar-refractivity contribution >= 4 is 22.9 Å². The summed E-state index contributed by atoms with van der Waals surface area (Å²) in [6.07, 6.45) is 0.0600. The summed E-state index contributed by atoms with van der Waals surface area (Å²) in [5.74, 6) is 1.59. The zero-order chi connectivity index (χ0) is 20.9. The number of hydrogen-bond donors (Lipinski definition) is 2. The highest BCUT2D eigenvalue weighted by Crippen LogP contribution is 2.44. The van der Waals surface area contributed by atoms with E-state index in [0.29, 0.717) is 5.75 Å². The number of thioether (sulfide) groups is 1. The smallest absolute Gasteiger partial charge is 0.120 e. The monoisotopic (exact) mass is 418 g/mol. The molecule has 4 rings (SSSR count). The van der Waals surface area contributed by atoms with E-state index in [1.165, 1.54) is 33.4 Å². The molecule has 3 nitrogen and oxygen atoms in total. The van der Waals surface area contributed by atoms with E-state index in [1.54, 1.807) is 11.8 Å². The molecule has 3 aromatic carbocycles. The molecule has 1 atom stereocenters. The summed E-state index contributed by atoms with van der Waals surface area (Å²) in [6, 6.07) is 25.3. The van der Waals surface area contributed by atoms with Gasteiger partial charge in [0.1, 0.15) is 18.5 Å². The lowest BCUT2D eigenvalue weighted by Crippen LogP contribution is -2.21. The summed E-state index contributed by atoms with van der Waals surface area (Å²) in [6.45, 7) is 1.98. The van der Waals surface area contributed by atoms with Crippen LogP contribution in [0.3, 0.4) is 0 Å². The molecule has 1 unspecified atom stereocenters. The van der Waals surface area contributed by atoms with Crippen LogP contribution in [0, 0.1) is 0 Å². The molecule has 0 radical (unpaired) electrons. The van der Waals surface area contributed by atoms with Gasteiger partial charge in [-0.2, -0.15) is 0 Å². The maximum Gasteiger partial charge on any atom is 0.120 e. The minimum atomic E-state index is -0.877. The molecule has 30 heavy (non-hydrogen) atoms. The van der Waals surface area contributed by atoms with E-state index in [4.69, 9.17) is 9.84 Å². The van der Waals surface area contributed by atoms with Gasteiger partial charge in [-0.1, -0.05) is 61.5 Å². The second kappa shape index (κ2) is 9.52. The predicted octanol–water partition coefficient (Wildman–Crippen LogP) is 5.39. The highest BCUT2D eigenvalue weighted by molar-refractivity contribution is 7.98. The van der Waals surface area contributed by atoms with Crippen LogP contribution in [-0.2, 0) is 5.75 Å². The molecule has 0 bridgehead atoms. The second-order valence-electron chi connectivity index (χ2n) is 7.32. The summed E-state index contributed by atoms with van der Waals surface area (Å²) in [5.41, 5.74) is 7.67. The van der Waals surface area contributed by atoms with E-state index < -0.39 is 6.10 Å². The van der Waals surface area contributed by atoms with Crippen LogP contribution in [0.15, 0.2) is 77.7 Å². The fraction of sp³-hybridized carbons (Fsp3) is 0.231. The summed E-state index contributed by atoms with van der Waals surface area (Å²) in [5, 5.41) is 18.7.